The molecule has 2 unspecified atom stereocenters. The Labute approximate surface area is 177 Å². The second-order valence-corrected chi connectivity index (χ2v) is 9.26. The van der Waals surface area contributed by atoms with Gasteiger partial charge in [0.15, 0.2) is 0 Å². The highest BCUT2D eigenvalue weighted by atomic mass is 16.6. The van der Waals surface area contributed by atoms with Crippen LogP contribution in [0.15, 0.2) is 30.3 Å². The van der Waals surface area contributed by atoms with Crippen molar-refractivity contribution in [3.63, 3.8) is 0 Å². The minimum atomic E-state index is -0.121. The summed E-state index contributed by atoms with van der Waals surface area (Å²) in [6.45, 7) is 8.93. The Morgan fingerprint density at radius 3 is 2.45 bits per heavy atom. The van der Waals surface area contributed by atoms with Gasteiger partial charge in [0.2, 0.25) is 0 Å². The largest absolute Gasteiger partial charge is 0.439 e. The van der Waals surface area contributed by atoms with Gasteiger partial charge in [0.25, 0.3) is 0 Å². The first kappa shape index (κ1) is 22.1. The standard InChI is InChI=1S/C25H40N2O2/c1-21(2)13-6-3-9-16-23-24(22-14-7-4-8-15-22)29-25(28)27(23)20-12-19-26-17-10-5-11-18-26/h4,7-8,14-15,21,23-24H,3,5-6,9-13,16-20H2,1-2H3. The summed E-state index contributed by atoms with van der Waals surface area (Å²) < 4.78 is 5.88. The molecular weight excluding hydrogens is 360 g/mol. The molecule has 0 radical (unpaired) electrons. The lowest BCUT2D eigenvalue weighted by Crippen LogP contribution is -2.38. The van der Waals surface area contributed by atoms with Crippen LogP contribution in [-0.4, -0.2) is 48.1 Å². The molecule has 2 heterocycles. The number of unbranched alkanes of at least 4 members (excludes halogenated alkanes) is 2. The van der Waals surface area contributed by atoms with E-state index in [0.29, 0.717) is 0 Å². The summed E-state index contributed by atoms with van der Waals surface area (Å²) >= 11 is 0. The van der Waals surface area contributed by atoms with Gasteiger partial charge in [-0.25, -0.2) is 4.79 Å². The number of carbonyl (C=O) groups excluding carboxylic acids is 1. The molecule has 2 saturated heterocycles. The normalized spacial score (nSPS) is 23.0. The van der Waals surface area contributed by atoms with Gasteiger partial charge >= 0.3 is 6.09 Å². The van der Waals surface area contributed by atoms with Crippen molar-refractivity contribution < 1.29 is 9.53 Å². The van der Waals surface area contributed by atoms with Crippen LogP contribution in [0, 0.1) is 5.92 Å². The van der Waals surface area contributed by atoms with Crippen LogP contribution in [-0.2, 0) is 4.74 Å². The second kappa shape index (κ2) is 11.6. The monoisotopic (exact) mass is 400 g/mol. The van der Waals surface area contributed by atoms with Crippen LogP contribution >= 0.6 is 0 Å². The average Bonchev–Trinajstić information content (AvgIpc) is 3.04. The third kappa shape index (κ3) is 6.74. The van der Waals surface area contributed by atoms with E-state index in [1.807, 2.05) is 23.1 Å². The molecule has 0 bridgehead atoms. The van der Waals surface area contributed by atoms with Gasteiger partial charge in [0.1, 0.15) is 6.10 Å². The maximum absolute atomic E-state index is 12.7. The van der Waals surface area contributed by atoms with Crippen LogP contribution in [0.5, 0.6) is 0 Å². The van der Waals surface area contributed by atoms with Crippen LogP contribution in [0.25, 0.3) is 0 Å². The Kier molecular flexibility index (Phi) is 8.85. The van der Waals surface area contributed by atoms with Gasteiger partial charge in [-0.1, -0.05) is 76.3 Å². The number of hydrogen-bond donors (Lipinski definition) is 0. The molecular formula is C25H40N2O2. The fourth-order valence-corrected chi connectivity index (χ4v) is 4.78. The van der Waals surface area contributed by atoms with Gasteiger partial charge in [-0.3, -0.25) is 0 Å². The van der Waals surface area contributed by atoms with E-state index in [0.717, 1.165) is 37.4 Å². The second-order valence-electron chi connectivity index (χ2n) is 9.26. The maximum Gasteiger partial charge on any atom is 0.410 e. The van der Waals surface area contributed by atoms with Crippen LogP contribution < -0.4 is 0 Å². The van der Waals surface area contributed by atoms with Crippen LogP contribution in [0.2, 0.25) is 0 Å². The molecule has 3 rings (SSSR count). The summed E-state index contributed by atoms with van der Waals surface area (Å²) in [6.07, 6.45) is 10.8. The van der Waals surface area contributed by atoms with Gasteiger partial charge < -0.3 is 14.5 Å². The summed E-state index contributed by atoms with van der Waals surface area (Å²) in [6, 6.07) is 10.5. The number of ether oxygens (including phenoxy) is 1. The number of carbonyl (C=O) groups is 1. The van der Waals surface area contributed by atoms with Crippen molar-refractivity contribution in [3.8, 4) is 0 Å². The molecule has 1 aromatic rings. The molecule has 2 aliphatic heterocycles. The number of cyclic esters (lactones) is 1. The zero-order chi connectivity index (χ0) is 20.5. The van der Waals surface area contributed by atoms with E-state index >= 15 is 0 Å². The summed E-state index contributed by atoms with van der Waals surface area (Å²) in [5.41, 5.74) is 1.13. The number of likely N-dealkylation sites (tertiary alicyclic amines) is 1. The molecule has 4 nitrogen and oxygen atoms in total. The van der Waals surface area contributed by atoms with E-state index < -0.39 is 0 Å². The smallest absolute Gasteiger partial charge is 0.410 e. The molecule has 0 N–H and O–H groups in total. The fourth-order valence-electron chi connectivity index (χ4n) is 4.78. The summed E-state index contributed by atoms with van der Waals surface area (Å²) in [5, 5.41) is 0. The predicted octanol–water partition coefficient (Wildman–Crippen LogP) is 6.03. The van der Waals surface area contributed by atoms with Crippen molar-refractivity contribution >= 4 is 6.09 Å². The lowest BCUT2D eigenvalue weighted by molar-refractivity contribution is 0.128. The fraction of sp³-hybridized carbons (Fsp3) is 0.720. The van der Waals surface area contributed by atoms with Crippen molar-refractivity contribution in [2.45, 2.75) is 83.8 Å². The molecule has 162 valence electrons. The highest BCUT2D eigenvalue weighted by molar-refractivity contribution is 5.71. The Morgan fingerprint density at radius 2 is 1.72 bits per heavy atom. The molecule has 0 aromatic heterocycles. The third-order valence-corrected chi connectivity index (χ3v) is 6.44. The van der Waals surface area contributed by atoms with Crippen molar-refractivity contribution in [2.75, 3.05) is 26.2 Å². The molecule has 1 amide bonds. The summed E-state index contributed by atoms with van der Waals surface area (Å²) in [7, 11) is 0. The number of benzene rings is 1. The molecule has 1 aromatic carbocycles. The summed E-state index contributed by atoms with van der Waals surface area (Å²) in [5.74, 6) is 0.773. The Balaban J connectivity index is 1.56. The average molecular weight is 401 g/mol. The molecule has 0 spiro atoms. The Hall–Kier alpha value is -1.55. The first-order valence-corrected chi connectivity index (χ1v) is 11.9. The lowest BCUT2D eigenvalue weighted by atomic mass is 9.96. The summed E-state index contributed by atoms with van der Waals surface area (Å²) in [4.78, 5) is 17.3. The number of nitrogens with zero attached hydrogens (tertiary/aromatic N) is 2. The number of hydrogen-bond acceptors (Lipinski definition) is 3. The molecule has 0 aliphatic carbocycles. The van der Waals surface area contributed by atoms with E-state index in [9.17, 15) is 4.79 Å². The number of amides is 1. The Morgan fingerprint density at radius 1 is 0.966 bits per heavy atom. The highest BCUT2D eigenvalue weighted by Gasteiger charge is 2.41. The van der Waals surface area contributed by atoms with Crippen molar-refractivity contribution in [1.29, 1.82) is 0 Å². The van der Waals surface area contributed by atoms with E-state index in [1.165, 1.54) is 58.0 Å². The molecule has 29 heavy (non-hydrogen) atoms. The van der Waals surface area contributed by atoms with Gasteiger partial charge in [-0.2, -0.15) is 0 Å². The molecule has 2 atom stereocenters. The topological polar surface area (TPSA) is 32.8 Å². The van der Waals surface area contributed by atoms with E-state index in [1.54, 1.807) is 0 Å². The minimum absolute atomic E-state index is 0.121. The number of piperidine rings is 1. The van der Waals surface area contributed by atoms with Crippen LogP contribution in [0.4, 0.5) is 4.79 Å². The quantitative estimate of drug-likeness (QED) is 0.425. The predicted molar refractivity (Wildman–Crippen MR) is 119 cm³/mol. The van der Waals surface area contributed by atoms with E-state index in [4.69, 9.17) is 4.74 Å². The molecule has 2 aliphatic rings. The molecule has 4 heteroatoms. The number of rotatable bonds is 11. The Bertz CT molecular complexity index is 598. The molecule has 0 saturated carbocycles. The first-order chi connectivity index (χ1) is 14.1. The van der Waals surface area contributed by atoms with Crippen LogP contribution in [0.3, 0.4) is 0 Å². The highest BCUT2D eigenvalue weighted by Crippen LogP contribution is 2.35. The zero-order valence-corrected chi connectivity index (χ0v) is 18.5. The maximum atomic E-state index is 12.7. The van der Waals surface area contributed by atoms with Gasteiger partial charge in [-0.15, -0.1) is 0 Å². The third-order valence-electron chi connectivity index (χ3n) is 6.44. The zero-order valence-electron chi connectivity index (χ0n) is 18.5. The van der Waals surface area contributed by atoms with Crippen molar-refractivity contribution in [2.24, 2.45) is 5.92 Å². The van der Waals surface area contributed by atoms with Crippen molar-refractivity contribution in [1.82, 2.24) is 9.80 Å². The first-order valence-electron chi connectivity index (χ1n) is 11.9. The van der Waals surface area contributed by atoms with E-state index in [-0.39, 0.29) is 18.2 Å². The lowest BCUT2D eigenvalue weighted by Gasteiger charge is -2.28. The van der Waals surface area contributed by atoms with Gasteiger partial charge in [0.05, 0.1) is 6.04 Å². The van der Waals surface area contributed by atoms with Gasteiger partial charge in [-0.05, 0) is 56.8 Å². The minimum Gasteiger partial charge on any atom is -0.439 e. The van der Waals surface area contributed by atoms with Gasteiger partial charge in [0, 0.05) is 6.54 Å². The molecule has 2 fully saturated rings. The van der Waals surface area contributed by atoms with E-state index in [2.05, 4.69) is 30.9 Å². The van der Waals surface area contributed by atoms with Crippen LogP contribution in [0.1, 0.15) is 83.3 Å². The SMILES string of the molecule is CC(C)CCCCCC1C(c2ccccc2)OC(=O)N1CCCN1CCCCC1. The van der Waals surface area contributed by atoms with Crippen molar-refractivity contribution in [3.05, 3.63) is 35.9 Å².